The number of benzene rings is 3. The van der Waals surface area contributed by atoms with Crippen molar-refractivity contribution in [1.82, 2.24) is 9.88 Å². The molecule has 5 rings (SSSR count). The molecule has 1 radical (unpaired) electrons. The van der Waals surface area contributed by atoms with Crippen LogP contribution in [0.1, 0.15) is 22.9 Å². The van der Waals surface area contributed by atoms with Gasteiger partial charge in [-0.05, 0) is 72.1 Å². The molecule has 40 heavy (non-hydrogen) atoms. The van der Waals surface area contributed by atoms with Crippen LogP contribution < -0.4 is 9.47 Å². The number of ether oxygens (including phenoxy) is 2. The Morgan fingerprint density at radius 2 is 1.77 bits per heavy atom. The molecule has 0 saturated heterocycles. The molecule has 0 aliphatic carbocycles. The summed E-state index contributed by atoms with van der Waals surface area (Å²) in [5, 5.41) is 12.2. The third-order valence-electron chi connectivity index (χ3n) is 6.39. The Bertz CT molecular complexity index is 1430. The second-order valence-electron chi connectivity index (χ2n) is 8.96. The van der Waals surface area contributed by atoms with Gasteiger partial charge in [0.1, 0.15) is 24.1 Å². The number of nitrogens with one attached hydrogen (secondary N) is 1. The van der Waals surface area contributed by atoms with E-state index in [1.807, 2.05) is 30.3 Å². The summed E-state index contributed by atoms with van der Waals surface area (Å²) in [6.45, 7) is 0.471. The number of carbonyl (C=O) groups excluding carboxylic acids is 1. The number of aliphatic hydroxyl groups is 1. The van der Waals surface area contributed by atoms with Crippen molar-refractivity contribution in [1.29, 1.82) is 0 Å². The van der Waals surface area contributed by atoms with Crippen LogP contribution in [0.25, 0.3) is 16.4 Å². The summed E-state index contributed by atoms with van der Waals surface area (Å²) in [6.07, 6.45) is -0.703. The van der Waals surface area contributed by atoms with E-state index < -0.39 is 18.2 Å². The zero-order valence-electron chi connectivity index (χ0n) is 21.6. The van der Waals surface area contributed by atoms with E-state index in [-0.39, 0.29) is 45.9 Å². The molecule has 1 aliphatic rings. The van der Waals surface area contributed by atoms with Gasteiger partial charge in [0, 0.05) is 65.9 Å². The van der Waals surface area contributed by atoms with Gasteiger partial charge in [0.15, 0.2) is 0 Å². The second-order valence-corrected chi connectivity index (χ2v) is 9.83. The Labute approximate surface area is 266 Å². The number of halogens is 2. The maximum Gasteiger partial charge on any atom is 0.416 e. The van der Waals surface area contributed by atoms with Crippen LogP contribution in [0.15, 0.2) is 66.7 Å². The number of aromatic amines is 1. The normalized spacial score (nSPS) is 15.3. The number of carbonyl (C=O) groups is 1. The third-order valence-corrected chi connectivity index (χ3v) is 6.88. The number of amides is 1. The average molecular weight is 660 g/mol. The molecule has 0 spiro atoms. The van der Waals surface area contributed by atoms with Gasteiger partial charge >= 0.3 is 6.09 Å². The van der Waals surface area contributed by atoms with E-state index in [0.29, 0.717) is 34.5 Å². The van der Waals surface area contributed by atoms with E-state index in [1.165, 1.54) is 7.11 Å². The van der Waals surface area contributed by atoms with E-state index in [9.17, 15) is 9.90 Å². The van der Waals surface area contributed by atoms with Crippen molar-refractivity contribution in [3.8, 4) is 11.5 Å². The summed E-state index contributed by atoms with van der Waals surface area (Å²) in [7, 11) is 1.33. The Balaban J connectivity index is 0.00000370. The number of H-pyrrole nitrogens is 1. The number of nitrogens with zero attached hydrogens (tertiary/aromatic N) is 2. The van der Waals surface area contributed by atoms with Gasteiger partial charge in [0.2, 0.25) is 0 Å². The Morgan fingerprint density at radius 3 is 2.50 bits per heavy atom. The van der Waals surface area contributed by atoms with Crippen molar-refractivity contribution in [2.45, 2.75) is 18.6 Å². The largest absolute Gasteiger partial charge is 0.498 e. The molecule has 12 heteroatoms. The van der Waals surface area contributed by atoms with E-state index in [2.05, 4.69) is 20.3 Å². The smallest absolute Gasteiger partial charge is 0.416 e. The quantitative estimate of drug-likeness (QED) is 0.125. The van der Waals surface area contributed by atoms with Crippen LogP contribution in [0.3, 0.4) is 0 Å². The van der Waals surface area contributed by atoms with Crippen LogP contribution in [0.2, 0.25) is 10.0 Å². The molecule has 4 aromatic rings. The predicted molar refractivity (Wildman–Crippen MR) is 147 cm³/mol. The Hall–Kier alpha value is -2.21. The van der Waals surface area contributed by atoms with Gasteiger partial charge < -0.3 is 30.0 Å². The molecule has 0 fully saturated rings. The minimum absolute atomic E-state index is 0. The zero-order valence-corrected chi connectivity index (χ0v) is 25.9. The van der Waals surface area contributed by atoms with Crippen LogP contribution in [0.4, 0.5) is 4.79 Å². The first kappa shape index (κ1) is 30.7. The fourth-order valence-corrected chi connectivity index (χ4v) is 4.92. The van der Waals surface area contributed by atoms with Crippen molar-refractivity contribution in [3.05, 3.63) is 99.1 Å². The van der Waals surface area contributed by atoms with Gasteiger partial charge in [-0.2, -0.15) is 0 Å². The molecule has 2 atom stereocenters. The molecule has 0 bridgehead atoms. The predicted octanol–water partition coefficient (Wildman–Crippen LogP) is 6.23. The molecule has 2 unspecified atom stereocenters. The zero-order chi connectivity index (χ0) is 27.4. The molecule has 9 nitrogen and oxygen atoms in total. The first-order valence-electron chi connectivity index (χ1n) is 12.2. The van der Waals surface area contributed by atoms with E-state index >= 15 is 0 Å². The fourth-order valence-electron chi connectivity index (χ4n) is 4.63. The summed E-state index contributed by atoms with van der Waals surface area (Å²) < 4.78 is 11.4. The second kappa shape index (κ2) is 14.1. The average Bonchev–Trinajstić information content (AvgIpc) is 3.31. The van der Waals surface area contributed by atoms with Gasteiger partial charge in [-0.3, -0.25) is 9.79 Å². The topological polar surface area (TPSA) is 107 Å². The van der Waals surface area contributed by atoms with Gasteiger partial charge in [-0.15, -0.1) is 0 Å². The molecular formula is C28H26Cl2N3O6Y-. The van der Waals surface area contributed by atoms with E-state index in [1.54, 1.807) is 41.3 Å². The number of rotatable bonds is 9. The SMILES string of the molecule is COO[N-]CC(O)COc1ccc(C2c3[nH]c4ccc(Cl)cc4c3CCN2C(=O)Oc2ccc(Cl)cc2)cc1.[Y]. The standard InChI is InChI=1S/C28H26Cl2N3O6.Y/c1-36-39-31-15-20(34)16-37-21-7-2-17(3-8-21)27-26-23(24-14-19(30)6-11-25(24)32-26)12-13-33(27)28(35)38-22-9-4-18(29)5-10-22;/h2-11,14,20,27,32,34H,12-13,15-16H2,1H3;/q-1;. The molecule has 3 aromatic carbocycles. The Morgan fingerprint density at radius 1 is 1.07 bits per heavy atom. The molecular weight excluding hydrogens is 634 g/mol. The van der Waals surface area contributed by atoms with E-state index in [4.69, 9.17) is 32.7 Å². The van der Waals surface area contributed by atoms with Crippen LogP contribution in [-0.2, 0) is 49.0 Å². The summed E-state index contributed by atoms with van der Waals surface area (Å²) >= 11 is 12.3. The molecule has 207 valence electrons. The van der Waals surface area contributed by atoms with Crippen molar-refractivity contribution in [3.63, 3.8) is 0 Å². The minimum Gasteiger partial charge on any atom is -0.498 e. The minimum atomic E-state index is -0.864. The van der Waals surface area contributed by atoms with Crippen molar-refractivity contribution < 1.29 is 62.0 Å². The molecule has 1 aromatic heterocycles. The summed E-state index contributed by atoms with van der Waals surface area (Å²) in [5.41, 5.74) is 7.37. The van der Waals surface area contributed by atoms with Gasteiger partial charge in [-0.1, -0.05) is 41.9 Å². The maximum absolute atomic E-state index is 13.4. The van der Waals surface area contributed by atoms with Crippen molar-refractivity contribution in [2.75, 3.05) is 26.8 Å². The number of aliphatic hydroxyl groups excluding tert-OH is 1. The number of aromatic nitrogens is 1. The maximum atomic E-state index is 13.4. The van der Waals surface area contributed by atoms with Crippen LogP contribution in [0.5, 0.6) is 11.5 Å². The van der Waals surface area contributed by atoms with Gasteiger partial charge in [0.05, 0.1) is 13.2 Å². The number of hydrogen-bond donors (Lipinski definition) is 2. The monoisotopic (exact) mass is 659 g/mol. The number of fused-ring (bicyclic) bond motifs is 3. The van der Waals surface area contributed by atoms with Gasteiger partial charge in [0.25, 0.3) is 0 Å². The van der Waals surface area contributed by atoms with Crippen LogP contribution in [0, 0.1) is 0 Å². The summed E-state index contributed by atoms with van der Waals surface area (Å²) in [4.78, 5) is 27.4. The van der Waals surface area contributed by atoms with Crippen LogP contribution >= 0.6 is 23.2 Å². The summed E-state index contributed by atoms with van der Waals surface area (Å²) in [6, 6.07) is 19.3. The first-order valence-corrected chi connectivity index (χ1v) is 13.0. The molecule has 0 saturated carbocycles. The van der Waals surface area contributed by atoms with Crippen molar-refractivity contribution >= 4 is 40.2 Å². The van der Waals surface area contributed by atoms with Crippen molar-refractivity contribution in [2.24, 2.45) is 0 Å². The molecule has 1 amide bonds. The van der Waals surface area contributed by atoms with E-state index in [0.717, 1.165) is 27.7 Å². The Kier molecular flexibility index (Phi) is 10.8. The number of hydroxylamine groups is 1. The first-order chi connectivity index (χ1) is 18.9. The summed E-state index contributed by atoms with van der Waals surface area (Å²) in [5.74, 6) is 0.961. The number of hydrogen-bond acceptors (Lipinski definition) is 6. The molecule has 2 N–H and O–H groups in total. The molecule has 1 aliphatic heterocycles. The third kappa shape index (κ3) is 7.16. The van der Waals surface area contributed by atoms with Gasteiger partial charge in [-0.25, -0.2) is 4.79 Å². The fraction of sp³-hybridized carbons (Fsp3) is 0.250. The van der Waals surface area contributed by atoms with Crippen LogP contribution in [-0.4, -0.2) is 54.0 Å². The molecule has 2 heterocycles.